The van der Waals surface area contributed by atoms with Crippen molar-refractivity contribution in [3.8, 4) is 0 Å². The average molecular weight is 240 g/mol. The Hall–Kier alpha value is -0.610. The number of carbonyl (C=O) groups excluding carboxylic acids is 1. The molecule has 0 saturated carbocycles. The Bertz CT molecular complexity index is 283. The fourth-order valence-corrected chi connectivity index (χ4v) is 2.92. The second kappa shape index (κ2) is 5.36. The Kier molecular flexibility index (Phi) is 4.05. The zero-order valence-corrected chi connectivity index (χ0v) is 11.1. The van der Waals surface area contributed by atoms with E-state index in [1.54, 1.807) is 7.11 Å². The molecule has 0 aliphatic carbocycles. The molecule has 0 aromatic rings. The van der Waals surface area contributed by atoms with Crippen molar-refractivity contribution in [2.24, 2.45) is 17.8 Å². The van der Waals surface area contributed by atoms with E-state index in [4.69, 9.17) is 4.74 Å². The van der Waals surface area contributed by atoms with Gasteiger partial charge in [-0.25, -0.2) is 0 Å². The zero-order valence-electron chi connectivity index (χ0n) is 11.1. The third kappa shape index (κ3) is 2.63. The summed E-state index contributed by atoms with van der Waals surface area (Å²) >= 11 is 0. The molecule has 0 aromatic carbocycles. The number of hydrogen-bond donors (Lipinski definition) is 1. The predicted octanol–water partition coefficient (Wildman–Crippen LogP) is 0.725. The topological polar surface area (TPSA) is 41.6 Å². The molecule has 1 N–H and O–H groups in total. The van der Waals surface area contributed by atoms with Gasteiger partial charge in [-0.2, -0.15) is 0 Å². The first kappa shape index (κ1) is 12.8. The first-order valence-electron chi connectivity index (χ1n) is 6.65. The minimum Gasteiger partial charge on any atom is -0.379 e. The van der Waals surface area contributed by atoms with Crippen molar-refractivity contribution < 1.29 is 9.53 Å². The normalized spacial score (nSPS) is 38.4. The van der Waals surface area contributed by atoms with Gasteiger partial charge in [-0.05, 0) is 24.8 Å². The fourth-order valence-electron chi connectivity index (χ4n) is 2.92. The smallest absolute Gasteiger partial charge is 0.227 e. The van der Waals surface area contributed by atoms with Gasteiger partial charge in [0.1, 0.15) is 0 Å². The number of nitrogens with zero attached hydrogens (tertiary/aromatic N) is 1. The van der Waals surface area contributed by atoms with Gasteiger partial charge >= 0.3 is 0 Å². The Balaban J connectivity index is 1.95. The van der Waals surface area contributed by atoms with Gasteiger partial charge in [0.2, 0.25) is 5.91 Å². The van der Waals surface area contributed by atoms with E-state index < -0.39 is 0 Å². The molecule has 1 amide bonds. The van der Waals surface area contributed by atoms with Crippen molar-refractivity contribution in [2.75, 3.05) is 33.3 Å². The summed E-state index contributed by atoms with van der Waals surface area (Å²) in [5.74, 6) is 1.50. The van der Waals surface area contributed by atoms with E-state index in [0.717, 1.165) is 32.6 Å². The number of ether oxygens (including phenoxy) is 1. The summed E-state index contributed by atoms with van der Waals surface area (Å²) in [4.78, 5) is 14.4. The maximum atomic E-state index is 12.4. The molecule has 4 heteroatoms. The number of piperidine rings is 1. The van der Waals surface area contributed by atoms with E-state index in [9.17, 15) is 4.79 Å². The Morgan fingerprint density at radius 2 is 2.06 bits per heavy atom. The van der Waals surface area contributed by atoms with Gasteiger partial charge in [0.15, 0.2) is 0 Å². The summed E-state index contributed by atoms with van der Waals surface area (Å²) in [5.41, 5.74) is 0. The molecule has 2 fully saturated rings. The molecule has 2 heterocycles. The quantitative estimate of drug-likeness (QED) is 0.773. The van der Waals surface area contributed by atoms with E-state index in [1.165, 1.54) is 0 Å². The maximum Gasteiger partial charge on any atom is 0.227 e. The first-order chi connectivity index (χ1) is 8.13. The maximum absolute atomic E-state index is 12.4. The van der Waals surface area contributed by atoms with Crippen LogP contribution in [-0.2, 0) is 9.53 Å². The zero-order chi connectivity index (χ0) is 12.4. The van der Waals surface area contributed by atoms with Crippen LogP contribution in [0.5, 0.6) is 0 Å². The summed E-state index contributed by atoms with van der Waals surface area (Å²) in [6.07, 6.45) is 1.26. The average Bonchev–Trinajstić information content (AvgIpc) is 2.75. The van der Waals surface area contributed by atoms with Crippen LogP contribution in [0.15, 0.2) is 0 Å². The van der Waals surface area contributed by atoms with Crippen LogP contribution in [-0.4, -0.2) is 50.2 Å². The number of carbonyl (C=O) groups is 1. The lowest BCUT2D eigenvalue weighted by molar-refractivity contribution is -0.141. The summed E-state index contributed by atoms with van der Waals surface area (Å²) in [6, 6.07) is 0. The fraction of sp³-hybridized carbons (Fsp3) is 0.923. The molecule has 4 unspecified atom stereocenters. The molecule has 4 nitrogen and oxygen atoms in total. The summed E-state index contributed by atoms with van der Waals surface area (Å²) < 4.78 is 5.46. The first-order valence-corrected chi connectivity index (χ1v) is 6.65. The Morgan fingerprint density at radius 1 is 1.29 bits per heavy atom. The lowest BCUT2D eigenvalue weighted by atomic mass is 9.92. The molecule has 2 saturated heterocycles. The van der Waals surface area contributed by atoms with E-state index in [1.807, 2.05) is 4.90 Å². The van der Waals surface area contributed by atoms with E-state index in [2.05, 4.69) is 19.2 Å². The molecular formula is C13H24N2O2. The molecule has 2 rings (SSSR count). The van der Waals surface area contributed by atoms with Crippen molar-refractivity contribution in [3.05, 3.63) is 0 Å². The molecule has 2 aliphatic heterocycles. The van der Waals surface area contributed by atoms with Crippen LogP contribution in [0, 0.1) is 17.8 Å². The van der Waals surface area contributed by atoms with Crippen molar-refractivity contribution in [2.45, 2.75) is 26.4 Å². The lowest BCUT2D eigenvalue weighted by Gasteiger charge is -2.37. The highest BCUT2D eigenvalue weighted by Gasteiger charge is 2.36. The van der Waals surface area contributed by atoms with Crippen LogP contribution in [0.25, 0.3) is 0 Å². The minimum absolute atomic E-state index is 0.168. The highest BCUT2D eigenvalue weighted by Crippen LogP contribution is 2.24. The lowest BCUT2D eigenvalue weighted by Crippen LogP contribution is -2.49. The largest absolute Gasteiger partial charge is 0.379 e. The van der Waals surface area contributed by atoms with Crippen molar-refractivity contribution in [1.29, 1.82) is 0 Å². The van der Waals surface area contributed by atoms with Crippen LogP contribution in [0.4, 0.5) is 0 Å². The third-order valence-corrected chi connectivity index (χ3v) is 4.34. The van der Waals surface area contributed by atoms with E-state index in [-0.39, 0.29) is 12.0 Å². The molecule has 0 spiro atoms. The number of nitrogens with one attached hydrogen (secondary N) is 1. The summed E-state index contributed by atoms with van der Waals surface area (Å²) in [5, 5.41) is 3.30. The third-order valence-electron chi connectivity index (χ3n) is 4.34. The highest BCUT2D eigenvalue weighted by atomic mass is 16.5. The van der Waals surface area contributed by atoms with Gasteiger partial charge in [-0.1, -0.05) is 13.8 Å². The Morgan fingerprint density at radius 3 is 2.65 bits per heavy atom. The molecule has 0 bridgehead atoms. The molecule has 17 heavy (non-hydrogen) atoms. The van der Waals surface area contributed by atoms with Gasteiger partial charge in [-0.15, -0.1) is 0 Å². The van der Waals surface area contributed by atoms with Crippen molar-refractivity contribution in [1.82, 2.24) is 10.2 Å². The van der Waals surface area contributed by atoms with Gasteiger partial charge in [0, 0.05) is 26.7 Å². The number of amides is 1. The molecule has 0 radical (unpaired) electrons. The summed E-state index contributed by atoms with van der Waals surface area (Å²) in [7, 11) is 1.74. The minimum atomic E-state index is 0.168. The number of likely N-dealkylation sites (tertiary alicyclic amines) is 1. The van der Waals surface area contributed by atoms with Crippen LogP contribution in [0.2, 0.25) is 0 Å². The van der Waals surface area contributed by atoms with Gasteiger partial charge < -0.3 is 15.0 Å². The molecule has 0 aromatic heterocycles. The van der Waals surface area contributed by atoms with Crippen molar-refractivity contribution >= 4 is 5.91 Å². The number of rotatable bonds is 2. The van der Waals surface area contributed by atoms with Gasteiger partial charge in [-0.3, -0.25) is 4.79 Å². The second-order valence-corrected chi connectivity index (χ2v) is 5.57. The van der Waals surface area contributed by atoms with Crippen LogP contribution in [0.1, 0.15) is 20.3 Å². The van der Waals surface area contributed by atoms with Gasteiger partial charge in [0.05, 0.1) is 12.0 Å². The standard InChI is InChI=1S/C13H24N2O2/c1-9-4-5-15(8-12(9)17-3)13(16)11-7-14-6-10(11)2/h9-12,14H,4-8H2,1-3H3. The monoisotopic (exact) mass is 240 g/mol. The van der Waals surface area contributed by atoms with Crippen molar-refractivity contribution in [3.63, 3.8) is 0 Å². The predicted molar refractivity (Wildman–Crippen MR) is 66.7 cm³/mol. The van der Waals surface area contributed by atoms with Gasteiger partial charge in [0.25, 0.3) is 0 Å². The molecule has 4 atom stereocenters. The molecule has 98 valence electrons. The summed E-state index contributed by atoms with van der Waals surface area (Å²) in [6.45, 7) is 7.82. The van der Waals surface area contributed by atoms with Crippen LogP contribution in [0.3, 0.4) is 0 Å². The number of hydrogen-bond acceptors (Lipinski definition) is 3. The Labute approximate surface area is 104 Å². The van der Waals surface area contributed by atoms with Crippen LogP contribution >= 0.6 is 0 Å². The number of methoxy groups -OCH3 is 1. The van der Waals surface area contributed by atoms with E-state index in [0.29, 0.717) is 17.7 Å². The molecule has 2 aliphatic rings. The SMILES string of the molecule is COC1CN(C(=O)C2CNCC2C)CCC1C. The van der Waals surface area contributed by atoms with E-state index >= 15 is 0 Å². The second-order valence-electron chi connectivity index (χ2n) is 5.57. The van der Waals surface area contributed by atoms with Crippen LogP contribution < -0.4 is 5.32 Å². The highest BCUT2D eigenvalue weighted by molar-refractivity contribution is 5.80. The molecular weight excluding hydrogens is 216 g/mol.